The summed E-state index contributed by atoms with van der Waals surface area (Å²) in [4.78, 5) is 50.1. The fraction of sp³-hybridized carbons (Fsp3) is 0.500. The molecular weight excluding hydrogens is 376 g/mol. The molecule has 2 N–H and O–H groups in total. The van der Waals surface area contributed by atoms with Crippen molar-refractivity contribution in [3.8, 4) is 0 Å². The molecule has 1 aromatic carbocycles. The van der Waals surface area contributed by atoms with Gasteiger partial charge in [-0.1, -0.05) is 12.1 Å². The molecule has 2 saturated heterocycles. The molecule has 1 atom stereocenters. The molecule has 1 unspecified atom stereocenters. The van der Waals surface area contributed by atoms with Gasteiger partial charge in [-0.15, -0.1) is 0 Å². The molecule has 1 aromatic heterocycles. The highest BCUT2D eigenvalue weighted by atomic mass is 16.4. The smallest absolute Gasteiger partial charge is 0.329 e. The lowest BCUT2D eigenvalue weighted by molar-refractivity contribution is -0.143. The highest BCUT2D eigenvalue weighted by Gasteiger charge is 2.32. The van der Waals surface area contributed by atoms with Crippen LogP contribution in [0.15, 0.2) is 23.0 Å². The number of nitrogens with zero attached hydrogens (tertiary/aromatic N) is 3. The van der Waals surface area contributed by atoms with Crippen LogP contribution in [0.3, 0.4) is 0 Å². The number of carbonyl (C=O) groups is 3. The number of likely N-dealkylation sites (tertiary alicyclic amines) is 1. The van der Waals surface area contributed by atoms with Crippen molar-refractivity contribution in [3.63, 3.8) is 0 Å². The minimum Gasteiger partial charge on any atom is -0.481 e. The number of aryl methyl sites for hydroxylation is 1. The van der Waals surface area contributed by atoms with Gasteiger partial charge in [-0.05, 0) is 44.0 Å². The van der Waals surface area contributed by atoms with Gasteiger partial charge in [0.2, 0.25) is 11.8 Å². The van der Waals surface area contributed by atoms with Gasteiger partial charge in [0.25, 0.3) is 0 Å². The minimum absolute atomic E-state index is 0.206. The van der Waals surface area contributed by atoms with Gasteiger partial charge in [0, 0.05) is 20.0 Å². The number of aromatic nitrogens is 2. The van der Waals surface area contributed by atoms with Crippen LogP contribution in [0, 0.1) is 5.92 Å². The van der Waals surface area contributed by atoms with E-state index >= 15 is 0 Å². The van der Waals surface area contributed by atoms with Crippen molar-refractivity contribution in [1.29, 1.82) is 0 Å². The number of aliphatic carboxylic acids is 1. The number of imide groups is 1. The third kappa shape index (κ3) is 3.46. The number of hydrogen-bond acceptors (Lipinski definition) is 5. The fourth-order valence-corrected chi connectivity index (χ4v) is 4.46. The number of imidazole rings is 1. The van der Waals surface area contributed by atoms with Crippen LogP contribution in [-0.4, -0.2) is 50.0 Å². The van der Waals surface area contributed by atoms with Gasteiger partial charge in [0.05, 0.1) is 17.0 Å². The van der Waals surface area contributed by atoms with E-state index in [1.165, 1.54) is 4.57 Å². The molecule has 2 aromatic rings. The Bertz CT molecular complexity index is 1050. The summed E-state index contributed by atoms with van der Waals surface area (Å²) >= 11 is 0. The van der Waals surface area contributed by atoms with Crippen molar-refractivity contribution < 1.29 is 19.5 Å². The second-order valence-corrected chi connectivity index (χ2v) is 7.85. The second-order valence-electron chi connectivity index (χ2n) is 7.85. The molecule has 2 fully saturated rings. The normalized spacial score (nSPS) is 21.5. The summed E-state index contributed by atoms with van der Waals surface area (Å²) in [7, 11) is 1.69. The first-order chi connectivity index (χ1) is 13.9. The predicted molar refractivity (Wildman–Crippen MR) is 104 cm³/mol. The first-order valence-electron chi connectivity index (χ1n) is 9.84. The Morgan fingerprint density at radius 3 is 2.55 bits per heavy atom. The van der Waals surface area contributed by atoms with Crippen LogP contribution in [0.4, 0.5) is 0 Å². The lowest BCUT2D eigenvalue weighted by atomic mass is 9.96. The van der Waals surface area contributed by atoms with Gasteiger partial charge >= 0.3 is 11.7 Å². The first-order valence-corrected chi connectivity index (χ1v) is 9.84. The zero-order valence-electron chi connectivity index (χ0n) is 16.3. The number of rotatable bonds is 4. The maximum Gasteiger partial charge on any atom is 0.329 e. The van der Waals surface area contributed by atoms with Crippen molar-refractivity contribution in [3.05, 3.63) is 34.2 Å². The van der Waals surface area contributed by atoms with E-state index in [-0.39, 0.29) is 23.9 Å². The van der Waals surface area contributed by atoms with Crippen LogP contribution in [-0.2, 0) is 28.0 Å². The van der Waals surface area contributed by atoms with Gasteiger partial charge < -0.3 is 5.11 Å². The molecule has 2 aliphatic rings. The number of hydrogen-bond donors (Lipinski definition) is 2. The number of amides is 2. The van der Waals surface area contributed by atoms with Crippen LogP contribution in [0.5, 0.6) is 0 Å². The SMILES string of the molecule is Cn1c(=O)n(C2CCC(=O)NC2=O)c2cccc(CN3CCC(C(=O)O)CC3)c21. The largest absolute Gasteiger partial charge is 0.481 e. The average molecular weight is 400 g/mol. The number of carboxylic acid groups (broad SMARTS) is 1. The van der Waals surface area contributed by atoms with Crippen molar-refractivity contribution in [2.75, 3.05) is 13.1 Å². The van der Waals surface area contributed by atoms with E-state index in [1.54, 1.807) is 11.6 Å². The maximum atomic E-state index is 13.0. The summed E-state index contributed by atoms with van der Waals surface area (Å²) in [5, 5.41) is 11.5. The molecule has 3 heterocycles. The average Bonchev–Trinajstić information content (AvgIpc) is 2.94. The summed E-state index contributed by atoms with van der Waals surface area (Å²) in [6.07, 6.45) is 1.73. The number of piperidine rings is 2. The monoisotopic (exact) mass is 400 g/mol. The Balaban J connectivity index is 1.66. The van der Waals surface area contributed by atoms with Gasteiger partial charge in [-0.3, -0.25) is 33.7 Å². The van der Waals surface area contributed by atoms with Crippen LogP contribution >= 0.6 is 0 Å². The Hall–Kier alpha value is -2.94. The third-order valence-corrected chi connectivity index (χ3v) is 6.04. The summed E-state index contributed by atoms with van der Waals surface area (Å²) in [6.45, 7) is 1.99. The van der Waals surface area contributed by atoms with Crippen LogP contribution in [0.1, 0.15) is 37.3 Å². The topological polar surface area (TPSA) is 114 Å². The van der Waals surface area contributed by atoms with Crippen LogP contribution < -0.4 is 11.0 Å². The van der Waals surface area contributed by atoms with Crippen molar-refractivity contribution >= 4 is 28.8 Å². The van der Waals surface area contributed by atoms with Crippen LogP contribution in [0.25, 0.3) is 11.0 Å². The zero-order valence-corrected chi connectivity index (χ0v) is 16.3. The molecule has 0 spiro atoms. The summed E-state index contributed by atoms with van der Waals surface area (Å²) in [5.41, 5.74) is 2.11. The van der Waals surface area contributed by atoms with Gasteiger partial charge in [-0.25, -0.2) is 4.79 Å². The summed E-state index contributed by atoms with van der Waals surface area (Å²) in [5.74, 6) is -1.79. The molecule has 0 bridgehead atoms. The molecule has 0 radical (unpaired) electrons. The van der Waals surface area contributed by atoms with Gasteiger partial charge in [-0.2, -0.15) is 0 Å². The summed E-state index contributed by atoms with van der Waals surface area (Å²) < 4.78 is 3.04. The Labute approximate surface area is 166 Å². The van der Waals surface area contributed by atoms with E-state index in [1.807, 2.05) is 18.2 Å². The highest BCUT2D eigenvalue weighted by molar-refractivity contribution is 6.00. The number of para-hydroxylation sites is 1. The molecule has 4 rings (SSSR count). The molecule has 2 amide bonds. The standard InChI is InChI=1S/C20H24N4O5/c1-22-17-13(11-23-9-7-12(8-10-23)19(27)28)3-2-4-14(17)24(20(22)29)15-5-6-16(25)21-18(15)26/h2-4,12,15H,5-11H2,1H3,(H,27,28)(H,21,25,26). The van der Waals surface area contributed by atoms with E-state index in [4.69, 9.17) is 0 Å². The summed E-state index contributed by atoms with van der Waals surface area (Å²) in [6, 6.07) is 4.94. The van der Waals surface area contributed by atoms with Gasteiger partial charge in [0.15, 0.2) is 0 Å². The fourth-order valence-electron chi connectivity index (χ4n) is 4.46. The third-order valence-electron chi connectivity index (χ3n) is 6.04. The van der Waals surface area contributed by atoms with E-state index < -0.39 is 17.9 Å². The molecular formula is C20H24N4O5. The molecule has 29 heavy (non-hydrogen) atoms. The molecule has 2 aliphatic heterocycles. The first kappa shape index (κ1) is 19.4. The number of benzene rings is 1. The quantitative estimate of drug-likeness (QED) is 0.727. The maximum absolute atomic E-state index is 13.0. The van der Waals surface area contributed by atoms with Crippen molar-refractivity contribution in [2.24, 2.45) is 13.0 Å². The van der Waals surface area contributed by atoms with Crippen molar-refractivity contribution in [2.45, 2.75) is 38.3 Å². The predicted octanol–water partition coefficient (Wildman–Crippen LogP) is 0.614. The van der Waals surface area contributed by atoms with E-state index in [9.17, 15) is 24.3 Å². The lowest BCUT2D eigenvalue weighted by Crippen LogP contribution is -2.44. The Morgan fingerprint density at radius 1 is 1.17 bits per heavy atom. The Kier molecular flexibility index (Phi) is 4.99. The number of carbonyl (C=O) groups excluding carboxylic acids is 2. The van der Waals surface area contributed by atoms with E-state index in [0.29, 0.717) is 44.4 Å². The highest BCUT2D eigenvalue weighted by Crippen LogP contribution is 2.27. The van der Waals surface area contributed by atoms with E-state index in [0.717, 1.165) is 11.1 Å². The number of fused-ring (bicyclic) bond motifs is 1. The second kappa shape index (κ2) is 7.47. The molecule has 0 aliphatic carbocycles. The lowest BCUT2D eigenvalue weighted by Gasteiger charge is -2.30. The zero-order chi connectivity index (χ0) is 20.7. The molecule has 0 saturated carbocycles. The number of nitrogens with one attached hydrogen (secondary N) is 1. The molecule has 9 nitrogen and oxygen atoms in total. The molecule has 9 heteroatoms. The number of carboxylic acids is 1. The van der Waals surface area contributed by atoms with E-state index in [2.05, 4.69) is 10.2 Å². The minimum atomic E-state index is -0.740. The Morgan fingerprint density at radius 2 is 1.90 bits per heavy atom. The van der Waals surface area contributed by atoms with Crippen molar-refractivity contribution in [1.82, 2.24) is 19.4 Å². The van der Waals surface area contributed by atoms with Crippen LogP contribution in [0.2, 0.25) is 0 Å². The van der Waals surface area contributed by atoms with Gasteiger partial charge in [0.1, 0.15) is 6.04 Å². The molecule has 154 valence electrons.